The third-order valence-electron chi connectivity index (χ3n) is 6.97. The van der Waals surface area contributed by atoms with Gasteiger partial charge in [-0.2, -0.15) is 5.26 Å². The molecule has 1 aliphatic rings. The van der Waals surface area contributed by atoms with Crippen LogP contribution in [0.5, 0.6) is 17.2 Å². The van der Waals surface area contributed by atoms with Gasteiger partial charge in [0, 0.05) is 54.1 Å². The number of hydrogen-bond donors (Lipinski definition) is 2. The molecule has 0 spiro atoms. The summed E-state index contributed by atoms with van der Waals surface area (Å²) < 4.78 is 47.9. The number of anilines is 1. The molecule has 11 heteroatoms. The van der Waals surface area contributed by atoms with Crippen LogP contribution in [0.25, 0.3) is 22.2 Å². The lowest BCUT2D eigenvalue weighted by atomic mass is 10.0. The topological polar surface area (TPSA) is 117 Å². The highest BCUT2D eigenvalue weighted by Crippen LogP contribution is 2.39. The average molecular weight is 595 g/mol. The van der Waals surface area contributed by atoms with Gasteiger partial charge in [-0.25, -0.2) is 18.8 Å². The van der Waals surface area contributed by atoms with Crippen molar-refractivity contribution in [2.75, 3.05) is 18.5 Å². The quantitative estimate of drug-likeness (QED) is 0.198. The van der Waals surface area contributed by atoms with E-state index in [1.54, 1.807) is 30.6 Å². The first-order chi connectivity index (χ1) is 21.4. The highest BCUT2D eigenvalue weighted by molar-refractivity contribution is 5.98. The lowest BCUT2D eigenvalue weighted by Crippen LogP contribution is -2.29. The van der Waals surface area contributed by atoms with Crippen LogP contribution >= 0.6 is 0 Å². The van der Waals surface area contributed by atoms with Crippen LogP contribution in [0.3, 0.4) is 0 Å². The maximum absolute atomic E-state index is 15.3. The zero-order valence-electron chi connectivity index (χ0n) is 24.0. The van der Waals surface area contributed by atoms with E-state index in [9.17, 15) is 5.26 Å². The standard InChI is InChI=1S/C33H28F2N6O3/c1-19(2)43-28-6-5-22(11-23(28)14-36)25-17-39-32-30(25)29(7-9-38-32)44-31-26(34)12-24(13-27(31)35)41-33-40-16-21(18-42-33)10-20-4-3-8-37-15-20/h3-9,11-13,15,17,19,21H,10,16,18H2,1-2H3,(H,38,39)(H,40,41)/t21-/m1/s1. The minimum absolute atomic E-state index is 0.102. The fourth-order valence-corrected chi connectivity index (χ4v) is 5.00. The molecule has 2 aromatic carbocycles. The number of H-pyrrole nitrogens is 1. The molecule has 0 saturated heterocycles. The van der Waals surface area contributed by atoms with Gasteiger partial charge in [-0.1, -0.05) is 12.1 Å². The van der Waals surface area contributed by atoms with E-state index in [0.29, 0.717) is 46.6 Å². The molecule has 0 fully saturated rings. The molecule has 0 amide bonds. The molecule has 6 rings (SSSR count). The lowest BCUT2D eigenvalue weighted by molar-refractivity contribution is 0.219. The second-order valence-corrected chi connectivity index (χ2v) is 10.6. The number of halogens is 2. The van der Waals surface area contributed by atoms with Gasteiger partial charge in [0.15, 0.2) is 17.4 Å². The Morgan fingerprint density at radius 1 is 1.11 bits per heavy atom. The third-order valence-corrected chi connectivity index (χ3v) is 6.97. The number of pyridine rings is 2. The SMILES string of the molecule is CC(C)Oc1ccc(-c2c[nH]c3nccc(Oc4c(F)cc(NC5=NC[C@@H](Cc6cccnc6)CO5)cc4F)c23)cc1C#N. The summed E-state index contributed by atoms with van der Waals surface area (Å²) in [5.41, 5.74) is 3.35. The predicted molar refractivity (Wildman–Crippen MR) is 162 cm³/mol. The molecule has 0 saturated carbocycles. The number of fused-ring (bicyclic) bond motifs is 1. The fraction of sp³-hybridized carbons (Fsp3) is 0.212. The number of amidine groups is 1. The van der Waals surface area contributed by atoms with Crippen LogP contribution in [0.1, 0.15) is 25.0 Å². The maximum atomic E-state index is 15.3. The van der Waals surface area contributed by atoms with Gasteiger partial charge in [-0.05, 0) is 55.7 Å². The number of aromatic amines is 1. The first kappa shape index (κ1) is 28.6. The number of aromatic nitrogens is 3. The van der Waals surface area contributed by atoms with Gasteiger partial charge in [0.1, 0.15) is 23.2 Å². The summed E-state index contributed by atoms with van der Waals surface area (Å²) >= 11 is 0. The van der Waals surface area contributed by atoms with Gasteiger partial charge in [-0.3, -0.25) is 4.98 Å². The van der Waals surface area contributed by atoms with Crippen molar-refractivity contribution in [2.24, 2.45) is 10.9 Å². The summed E-state index contributed by atoms with van der Waals surface area (Å²) in [7, 11) is 0. The largest absolute Gasteiger partial charge is 0.490 e. The van der Waals surface area contributed by atoms with Crippen molar-refractivity contribution >= 4 is 22.7 Å². The summed E-state index contributed by atoms with van der Waals surface area (Å²) in [6, 6.07) is 15.2. The second-order valence-electron chi connectivity index (χ2n) is 10.6. The number of ether oxygens (including phenoxy) is 3. The molecule has 4 heterocycles. The summed E-state index contributed by atoms with van der Waals surface area (Å²) in [6.07, 6.45) is 7.38. The van der Waals surface area contributed by atoms with Gasteiger partial charge in [0.05, 0.1) is 30.2 Å². The Balaban J connectivity index is 1.22. The molecule has 2 N–H and O–H groups in total. The molecular formula is C33H28F2N6O3. The van der Waals surface area contributed by atoms with Crippen LogP contribution in [-0.4, -0.2) is 40.2 Å². The Morgan fingerprint density at radius 2 is 1.95 bits per heavy atom. The Kier molecular flexibility index (Phi) is 8.06. The van der Waals surface area contributed by atoms with Gasteiger partial charge < -0.3 is 24.5 Å². The Bertz CT molecular complexity index is 1860. The second kappa shape index (κ2) is 12.4. The fourth-order valence-electron chi connectivity index (χ4n) is 5.00. The van der Waals surface area contributed by atoms with Crippen LogP contribution in [0.2, 0.25) is 0 Å². The van der Waals surface area contributed by atoms with Gasteiger partial charge in [0.25, 0.3) is 6.02 Å². The smallest absolute Gasteiger partial charge is 0.289 e. The number of nitrogens with zero attached hydrogens (tertiary/aromatic N) is 4. The molecule has 9 nitrogen and oxygen atoms in total. The van der Waals surface area contributed by atoms with Crippen LogP contribution in [0, 0.1) is 28.9 Å². The van der Waals surface area contributed by atoms with Crippen molar-refractivity contribution < 1.29 is 23.0 Å². The van der Waals surface area contributed by atoms with Crippen molar-refractivity contribution in [3.63, 3.8) is 0 Å². The Hall–Kier alpha value is -5.50. The first-order valence-electron chi connectivity index (χ1n) is 14.0. The summed E-state index contributed by atoms with van der Waals surface area (Å²) in [5, 5.41) is 13.0. The van der Waals surface area contributed by atoms with Crippen molar-refractivity contribution in [3.8, 4) is 34.4 Å². The third kappa shape index (κ3) is 6.15. The molecule has 222 valence electrons. The molecule has 1 aliphatic heterocycles. The van der Waals surface area contributed by atoms with Gasteiger partial charge in [-0.15, -0.1) is 0 Å². The van der Waals surface area contributed by atoms with Crippen molar-refractivity contribution in [2.45, 2.75) is 26.4 Å². The average Bonchev–Trinajstić information content (AvgIpc) is 3.46. The normalized spacial score (nSPS) is 14.5. The molecule has 0 bridgehead atoms. The van der Waals surface area contributed by atoms with Crippen LogP contribution in [0.15, 0.2) is 78.3 Å². The highest BCUT2D eigenvalue weighted by Gasteiger charge is 2.21. The van der Waals surface area contributed by atoms with E-state index in [1.165, 1.54) is 12.3 Å². The maximum Gasteiger partial charge on any atom is 0.289 e. The van der Waals surface area contributed by atoms with Crippen LogP contribution in [0.4, 0.5) is 14.5 Å². The zero-order valence-corrected chi connectivity index (χ0v) is 24.0. The number of nitrogens with one attached hydrogen (secondary N) is 2. The highest BCUT2D eigenvalue weighted by atomic mass is 19.1. The number of hydrogen-bond acceptors (Lipinski definition) is 8. The number of rotatable bonds is 8. The lowest BCUT2D eigenvalue weighted by Gasteiger charge is -2.22. The summed E-state index contributed by atoms with van der Waals surface area (Å²) in [4.78, 5) is 15.9. The summed E-state index contributed by atoms with van der Waals surface area (Å²) in [5.74, 6) is -1.58. The summed E-state index contributed by atoms with van der Waals surface area (Å²) in [6.45, 7) is 4.67. The molecule has 0 radical (unpaired) electrons. The number of aliphatic imine (C=N–C) groups is 1. The van der Waals surface area contributed by atoms with E-state index in [0.717, 1.165) is 24.1 Å². The van der Waals surface area contributed by atoms with E-state index < -0.39 is 17.4 Å². The minimum Gasteiger partial charge on any atom is -0.490 e. The van der Waals surface area contributed by atoms with E-state index in [-0.39, 0.29) is 29.5 Å². The van der Waals surface area contributed by atoms with Crippen LogP contribution < -0.4 is 14.8 Å². The van der Waals surface area contributed by atoms with Crippen LogP contribution in [-0.2, 0) is 11.2 Å². The van der Waals surface area contributed by atoms with E-state index >= 15 is 8.78 Å². The Labute approximate surface area is 252 Å². The minimum atomic E-state index is -0.914. The first-order valence-corrected chi connectivity index (χ1v) is 14.0. The predicted octanol–water partition coefficient (Wildman–Crippen LogP) is 7.01. The monoisotopic (exact) mass is 594 g/mol. The molecule has 3 aromatic heterocycles. The number of nitriles is 1. The van der Waals surface area contributed by atoms with Crippen molar-refractivity contribution in [1.29, 1.82) is 5.26 Å². The van der Waals surface area contributed by atoms with Gasteiger partial charge >= 0.3 is 0 Å². The number of benzene rings is 2. The Morgan fingerprint density at radius 3 is 2.66 bits per heavy atom. The van der Waals surface area contributed by atoms with E-state index in [2.05, 4.69) is 31.3 Å². The van der Waals surface area contributed by atoms with Crippen molar-refractivity contribution in [3.05, 3.63) is 96.1 Å². The van der Waals surface area contributed by atoms with E-state index in [1.807, 2.05) is 32.2 Å². The molecule has 5 aromatic rings. The molecule has 0 aliphatic carbocycles. The van der Waals surface area contributed by atoms with Gasteiger partial charge in [0.2, 0.25) is 0 Å². The molecule has 44 heavy (non-hydrogen) atoms. The molecular weight excluding hydrogens is 566 g/mol. The van der Waals surface area contributed by atoms with E-state index in [4.69, 9.17) is 14.2 Å². The molecule has 0 unspecified atom stereocenters. The van der Waals surface area contributed by atoms with Crippen molar-refractivity contribution in [1.82, 2.24) is 15.0 Å². The zero-order chi connectivity index (χ0) is 30.6. The molecule has 1 atom stereocenters.